The normalized spacial score (nSPS) is 19.3. The number of carbonyl (C=O) groups excluding carboxylic acids is 1. The second kappa shape index (κ2) is 5.92. The number of likely N-dealkylation sites (tertiary alicyclic amines) is 1. The van der Waals surface area contributed by atoms with Crippen molar-refractivity contribution in [1.82, 2.24) is 4.90 Å². The first-order valence-corrected chi connectivity index (χ1v) is 7.17. The molecule has 1 saturated heterocycles. The van der Waals surface area contributed by atoms with Gasteiger partial charge < -0.3 is 10.0 Å². The molecule has 1 amide bonds. The lowest BCUT2D eigenvalue weighted by molar-refractivity contribution is -0.143. The van der Waals surface area contributed by atoms with E-state index >= 15 is 0 Å². The Morgan fingerprint density at radius 2 is 2.11 bits per heavy atom. The first kappa shape index (κ1) is 14.3. The molecule has 1 aliphatic heterocycles. The van der Waals surface area contributed by atoms with Gasteiger partial charge in [-0.2, -0.15) is 0 Å². The van der Waals surface area contributed by atoms with Gasteiger partial charge in [0, 0.05) is 11.0 Å². The summed E-state index contributed by atoms with van der Waals surface area (Å²) in [5, 5.41) is 9.51. The van der Waals surface area contributed by atoms with Crippen molar-refractivity contribution in [3.05, 3.63) is 33.3 Å². The van der Waals surface area contributed by atoms with E-state index in [1.165, 1.54) is 4.90 Å². The van der Waals surface area contributed by atoms with E-state index in [0.29, 0.717) is 28.0 Å². The van der Waals surface area contributed by atoms with Crippen molar-refractivity contribution >= 4 is 39.4 Å². The fourth-order valence-electron chi connectivity index (χ4n) is 2.26. The molecule has 1 aromatic carbocycles. The summed E-state index contributed by atoms with van der Waals surface area (Å²) in [5.74, 6) is -1.28. The van der Waals surface area contributed by atoms with E-state index in [1.807, 2.05) is 0 Å². The molecule has 1 N–H and O–H groups in total. The Morgan fingerprint density at radius 3 is 2.79 bits per heavy atom. The Morgan fingerprint density at radius 1 is 1.37 bits per heavy atom. The number of carboxylic acid groups (broad SMARTS) is 1. The van der Waals surface area contributed by atoms with E-state index < -0.39 is 12.0 Å². The summed E-state index contributed by atoms with van der Waals surface area (Å²) in [6.45, 7) is 0.457. The predicted octanol–water partition coefficient (Wildman–Crippen LogP) is 3.18. The van der Waals surface area contributed by atoms with Crippen molar-refractivity contribution in [3.8, 4) is 0 Å². The van der Waals surface area contributed by atoms with Gasteiger partial charge in [0.2, 0.25) is 0 Å². The molecule has 2 rings (SSSR count). The zero-order valence-electron chi connectivity index (χ0n) is 10.1. The second-order valence-corrected chi connectivity index (χ2v) is 5.68. The Labute approximate surface area is 124 Å². The van der Waals surface area contributed by atoms with Crippen molar-refractivity contribution < 1.29 is 14.7 Å². The number of carbonyl (C=O) groups is 2. The topological polar surface area (TPSA) is 57.6 Å². The molecule has 1 atom stereocenters. The Hall–Kier alpha value is -1.07. The molecule has 0 saturated carbocycles. The average molecular weight is 347 g/mol. The van der Waals surface area contributed by atoms with E-state index in [2.05, 4.69) is 15.9 Å². The number of rotatable bonds is 2. The highest BCUT2D eigenvalue weighted by Crippen LogP contribution is 2.29. The minimum Gasteiger partial charge on any atom is -0.480 e. The first-order chi connectivity index (χ1) is 9.02. The van der Waals surface area contributed by atoms with E-state index in [4.69, 9.17) is 11.6 Å². The van der Waals surface area contributed by atoms with Crippen molar-refractivity contribution in [1.29, 1.82) is 0 Å². The average Bonchev–Trinajstić information content (AvgIpc) is 2.41. The largest absolute Gasteiger partial charge is 0.480 e. The Bertz CT molecular complexity index is 521. The molecule has 0 radical (unpaired) electrons. The Kier molecular flexibility index (Phi) is 4.47. The van der Waals surface area contributed by atoms with Crippen LogP contribution in [-0.4, -0.2) is 34.5 Å². The van der Waals surface area contributed by atoms with Crippen LogP contribution >= 0.6 is 27.5 Å². The highest BCUT2D eigenvalue weighted by atomic mass is 79.9. The number of nitrogens with zero attached hydrogens (tertiary/aromatic N) is 1. The van der Waals surface area contributed by atoms with E-state index in [0.717, 1.165) is 12.8 Å². The zero-order chi connectivity index (χ0) is 14.0. The molecule has 4 nitrogen and oxygen atoms in total. The van der Waals surface area contributed by atoms with E-state index in [-0.39, 0.29) is 5.91 Å². The van der Waals surface area contributed by atoms with Crippen LogP contribution in [0.4, 0.5) is 0 Å². The monoisotopic (exact) mass is 345 g/mol. The van der Waals surface area contributed by atoms with Crippen LogP contribution in [0.5, 0.6) is 0 Å². The van der Waals surface area contributed by atoms with Gasteiger partial charge in [-0.05, 0) is 47.3 Å². The van der Waals surface area contributed by atoms with Gasteiger partial charge in [0.25, 0.3) is 5.91 Å². The van der Waals surface area contributed by atoms with Gasteiger partial charge in [0.15, 0.2) is 0 Å². The number of amides is 1. The molecule has 0 bridgehead atoms. The summed E-state index contributed by atoms with van der Waals surface area (Å²) in [6.07, 6.45) is 2.14. The number of aliphatic carboxylic acids is 1. The minimum absolute atomic E-state index is 0.321. The molecule has 1 heterocycles. The molecule has 6 heteroatoms. The molecule has 0 aliphatic carbocycles. The summed E-state index contributed by atoms with van der Waals surface area (Å²) in [5.41, 5.74) is 0.337. The maximum atomic E-state index is 12.4. The summed E-state index contributed by atoms with van der Waals surface area (Å²) < 4.78 is 0.629. The third kappa shape index (κ3) is 2.92. The predicted molar refractivity (Wildman–Crippen MR) is 75.5 cm³/mol. The van der Waals surface area contributed by atoms with Crippen LogP contribution in [0.25, 0.3) is 0 Å². The molecule has 1 aromatic rings. The number of hydrogen-bond acceptors (Lipinski definition) is 2. The molecule has 0 spiro atoms. The van der Waals surface area contributed by atoms with Crippen molar-refractivity contribution in [2.24, 2.45) is 0 Å². The highest BCUT2D eigenvalue weighted by Gasteiger charge is 2.33. The second-order valence-electron chi connectivity index (χ2n) is 4.45. The molecular formula is C13H13BrClNO3. The molecule has 0 unspecified atom stereocenters. The van der Waals surface area contributed by atoms with Crippen LogP contribution in [0.3, 0.4) is 0 Å². The van der Waals surface area contributed by atoms with Crippen LogP contribution in [-0.2, 0) is 4.79 Å². The number of halogens is 2. The van der Waals surface area contributed by atoms with E-state index in [9.17, 15) is 14.7 Å². The highest BCUT2D eigenvalue weighted by molar-refractivity contribution is 9.10. The van der Waals surface area contributed by atoms with Crippen LogP contribution in [0.1, 0.15) is 29.6 Å². The van der Waals surface area contributed by atoms with Crippen molar-refractivity contribution in [2.45, 2.75) is 25.3 Å². The van der Waals surface area contributed by atoms with Crippen molar-refractivity contribution in [3.63, 3.8) is 0 Å². The van der Waals surface area contributed by atoms with Gasteiger partial charge in [0.1, 0.15) is 6.04 Å². The fraction of sp³-hybridized carbons (Fsp3) is 0.385. The standard InChI is InChI=1S/C13H13BrClNO3/c14-9-5-3-4-8(11(9)15)12(17)16-7-2-1-6-10(16)13(18)19/h3-5,10H,1-2,6-7H2,(H,18,19)/t10-/m0/s1. The summed E-state index contributed by atoms with van der Waals surface area (Å²) in [7, 11) is 0. The summed E-state index contributed by atoms with van der Waals surface area (Å²) >= 11 is 9.36. The molecule has 19 heavy (non-hydrogen) atoms. The van der Waals surface area contributed by atoms with Crippen LogP contribution in [0.2, 0.25) is 5.02 Å². The maximum Gasteiger partial charge on any atom is 0.326 e. The number of carboxylic acids is 1. The SMILES string of the molecule is O=C(O)[C@@H]1CCCCN1C(=O)c1cccc(Br)c1Cl. The lowest BCUT2D eigenvalue weighted by atomic mass is 10.0. The number of benzene rings is 1. The van der Waals surface area contributed by atoms with Gasteiger partial charge in [-0.1, -0.05) is 17.7 Å². The molecule has 102 valence electrons. The first-order valence-electron chi connectivity index (χ1n) is 6.00. The third-order valence-electron chi connectivity index (χ3n) is 3.23. The minimum atomic E-state index is -0.959. The smallest absolute Gasteiger partial charge is 0.326 e. The molecular weight excluding hydrogens is 334 g/mol. The zero-order valence-corrected chi connectivity index (χ0v) is 12.4. The van der Waals surface area contributed by atoms with Crippen LogP contribution in [0, 0.1) is 0 Å². The van der Waals surface area contributed by atoms with Gasteiger partial charge in [-0.15, -0.1) is 0 Å². The summed E-state index contributed by atoms with van der Waals surface area (Å²) in [6, 6.07) is 4.31. The van der Waals surface area contributed by atoms with Crippen LogP contribution < -0.4 is 0 Å². The van der Waals surface area contributed by atoms with Gasteiger partial charge in [0.05, 0.1) is 10.6 Å². The Balaban J connectivity index is 2.31. The number of piperidine rings is 1. The molecule has 1 aliphatic rings. The molecule has 1 fully saturated rings. The lowest BCUT2D eigenvalue weighted by Gasteiger charge is -2.33. The van der Waals surface area contributed by atoms with Gasteiger partial charge in [-0.25, -0.2) is 4.79 Å². The third-order valence-corrected chi connectivity index (χ3v) is 4.53. The van der Waals surface area contributed by atoms with Crippen LogP contribution in [0.15, 0.2) is 22.7 Å². The molecule has 0 aromatic heterocycles. The van der Waals surface area contributed by atoms with Gasteiger partial charge in [-0.3, -0.25) is 4.79 Å². The van der Waals surface area contributed by atoms with Crippen molar-refractivity contribution in [2.75, 3.05) is 6.54 Å². The summed E-state index contributed by atoms with van der Waals surface area (Å²) in [4.78, 5) is 25.1. The quantitative estimate of drug-likeness (QED) is 0.895. The maximum absolute atomic E-state index is 12.4. The number of hydrogen-bond donors (Lipinski definition) is 1. The fourth-order valence-corrected chi connectivity index (χ4v) is 2.83. The van der Waals surface area contributed by atoms with Gasteiger partial charge >= 0.3 is 5.97 Å². The van der Waals surface area contributed by atoms with E-state index in [1.54, 1.807) is 18.2 Å². The lowest BCUT2D eigenvalue weighted by Crippen LogP contribution is -2.48.